The number of rotatable bonds is 5. The molecule has 110 valence electrons. The second kappa shape index (κ2) is 7.43. The molecule has 0 aromatic heterocycles. The molecule has 0 radical (unpaired) electrons. The molecule has 4 heteroatoms. The normalized spacial score (nSPS) is 11.7. The van der Waals surface area contributed by atoms with Crippen molar-refractivity contribution in [1.29, 1.82) is 0 Å². The van der Waals surface area contributed by atoms with Crippen molar-refractivity contribution >= 4 is 11.7 Å². The topological polar surface area (TPSA) is 41.1 Å². The van der Waals surface area contributed by atoms with Crippen LogP contribution in [0.2, 0.25) is 0 Å². The van der Waals surface area contributed by atoms with Crippen molar-refractivity contribution in [2.75, 3.05) is 11.9 Å². The highest BCUT2D eigenvalue weighted by Crippen LogP contribution is 2.18. The molecular weight excluding hydrogens is 267 g/mol. The van der Waals surface area contributed by atoms with Crippen LogP contribution in [0.1, 0.15) is 24.8 Å². The molecule has 2 rings (SSSR count). The minimum Gasteiger partial charge on any atom is -0.337 e. The minimum absolute atomic E-state index is 0.281. The molecule has 0 fully saturated rings. The number of hydrogen-bond acceptors (Lipinski definition) is 1. The molecule has 21 heavy (non-hydrogen) atoms. The summed E-state index contributed by atoms with van der Waals surface area (Å²) < 4.78 is 12.8. The zero-order chi connectivity index (χ0) is 15.1. The summed E-state index contributed by atoms with van der Waals surface area (Å²) in [5.74, 6) is -0.0405. The van der Waals surface area contributed by atoms with Gasteiger partial charge in [0.15, 0.2) is 0 Å². The molecule has 0 bridgehead atoms. The van der Waals surface area contributed by atoms with E-state index in [1.54, 1.807) is 0 Å². The van der Waals surface area contributed by atoms with Gasteiger partial charge >= 0.3 is 6.03 Å². The summed E-state index contributed by atoms with van der Waals surface area (Å²) in [6.07, 6.45) is 0.945. The van der Waals surface area contributed by atoms with Gasteiger partial charge in [-0.05, 0) is 36.2 Å². The van der Waals surface area contributed by atoms with Crippen LogP contribution in [0.5, 0.6) is 0 Å². The second-order valence-corrected chi connectivity index (χ2v) is 4.86. The maximum atomic E-state index is 12.8. The van der Waals surface area contributed by atoms with E-state index in [4.69, 9.17) is 0 Å². The molecule has 2 N–H and O–H groups in total. The molecule has 0 aliphatic heterocycles. The third-order valence-electron chi connectivity index (χ3n) is 3.37. The van der Waals surface area contributed by atoms with Gasteiger partial charge in [0.25, 0.3) is 0 Å². The Morgan fingerprint density at radius 3 is 2.38 bits per heavy atom. The number of benzene rings is 2. The van der Waals surface area contributed by atoms with Crippen LogP contribution in [-0.4, -0.2) is 12.6 Å². The van der Waals surface area contributed by atoms with Crippen molar-refractivity contribution in [3.63, 3.8) is 0 Å². The van der Waals surface area contributed by atoms with Gasteiger partial charge in [-0.25, -0.2) is 9.18 Å². The highest BCUT2D eigenvalue weighted by atomic mass is 19.1. The van der Waals surface area contributed by atoms with Crippen LogP contribution in [0.4, 0.5) is 14.9 Å². The number of carbonyl (C=O) groups is 1. The first-order valence-electron chi connectivity index (χ1n) is 7.04. The predicted molar refractivity (Wildman–Crippen MR) is 82.9 cm³/mol. The lowest BCUT2D eigenvalue weighted by atomic mass is 9.97. The van der Waals surface area contributed by atoms with E-state index in [-0.39, 0.29) is 17.8 Å². The quantitative estimate of drug-likeness (QED) is 0.852. The first-order chi connectivity index (χ1) is 10.2. The van der Waals surface area contributed by atoms with Crippen molar-refractivity contribution in [3.05, 3.63) is 66.0 Å². The molecule has 2 aromatic carbocycles. The Hall–Kier alpha value is -2.36. The van der Waals surface area contributed by atoms with Gasteiger partial charge in [0, 0.05) is 18.2 Å². The van der Waals surface area contributed by atoms with Gasteiger partial charge in [-0.2, -0.15) is 0 Å². The Labute approximate surface area is 124 Å². The van der Waals surface area contributed by atoms with Crippen LogP contribution in [-0.2, 0) is 0 Å². The summed E-state index contributed by atoms with van der Waals surface area (Å²) >= 11 is 0. The molecular formula is C17H19FN2O. The van der Waals surface area contributed by atoms with E-state index in [1.165, 1.54) is 29.8 Å². The molecule has 0 aliphatic carbocycles. The summed E-state index contributed by atoms with van der Waals surface area (Å²) in [4.78, 5) is 11.8. The third-order valence-corrected chi connectivity index (χ3v) is 3.37. The lowest BCUT2D eigenvalue weighted by molar-refractivity contribution is 0.251. The average Bonchev–Trinajstić information content (AvgIpc) is 2.51. The Kier molecular flexibility index (Phi) is 5.32. The number of amides is 2. The van der Waals surface area contributed by atoms with Crippen LogP contribution in [0.15, 0.2) is 54.6 Å². The number of hydrogen-bond donors (Lipinski definition) is 2. The van der Waals surface area contributed by atoms with E-state index >= 15 is 0 Å². The van der Waals surface area contributed by atoms with Crippen LogP contribution >= 0.6 is 0 Å². The molecule has 0 spiro atoms. The highest BCUT2D eigenvalue weighted by molar-refractivity contribution is 5.89. The Morgan fingerprint density at radius 2 is 1.76 bits per heavy atom. The van der Waals surface area contributed by atoms with E-state index < -0.39 is 0 Å². The Bertz CT molecular complexity index is 569. The number of nitrogens with one attached hydrogen (secondary N) is 2. The van der Waals surface area contributed by atoms with E-state index in [9.17, 15) is 9.18 Å². The number of carbonyl (C=O) groups excluding carboxylic acids is 1. The van der Waals surface area contributed by atoms with Crippen molar-refractivity contribution in [2.45, 2.75) is 19.3 Å². The lowest BCUT2D eigenvalue weighted by Crippen LogP contribution is -2.32. The van der Waals surface area contributed by atoms with E-state index in [2.05, 4.69) is 29.7 Å². The van der Waals surface area contributed by atoms with Crippen molar-refractivity contribution in [3.8, 4) is 0 Å². The van der Waals surface area contributed by atoms with Crippen molar-refractivity contribution < 1.29 is 9.18 Å². The fourth-order valence-corrected chi connectivity index (χ4v) is 2.15. The van der Waals surface area contributed by atoms with E-state index in [0.29, 0.717) is 12.2 Å². The molecule has 2 aromatic rings. The molecule has 0 saturated carbocycles. The van der Waals surface area contributed by atoms with Crippen LogP contribution < -0.4 is 10.6 Å². The van der Waals surface area contributed by atoms with Crippen LogP contribution in [0.3, 0.4) is 0 Å². The average molecular weight is 286 g/mol. The fraction of sp³-hybridized carbons (Fsp3) is 0.235. The lowest BCUT2D eigenvalue weighted by Gasteiger charge is -2.16. The summed E-state index contributed by atoms with van der Waals surface area (Å²) in [5.41, 5.74) is 1.78. The van der Waals surface area contributed by atoms with Gasteiger partial charge in [0.05, 0.1) is 0 Å². The standard InChI is InChI=1S/C17H19FN2O/c1-2-13(14-6-4-3-5-7-14)12-19-17(21)20-16-10-8-15(18)9-11-16/h3-11,13H,2,12H2,1H3,(H2,19,20,21). The minimum atomic E-state index is -0.323. The summed E-state index contributed by atoms with van der Waals surface area (Å²) in [6.45, 7) is 2.66. The molecule has 1 unspecified atom stereocenters. The summed E-state index contributed by atoms with van der Waals surface area (Å²) in [6, 6.07) is 15.5. The smallest absolute Gasteiger partial charge is 0.319 e. The molecule has 0 heterocycles. The SMILES string of the molecule is CCC(CNC(=O)Nc1ccc(F)cc1)c1ccccc1. The number of urea groups is 1. The monoisotopic (exact) mass is 286 g/mol. The maximum Gasteiger partial charge on any atom is 0.319 e. The zero-order valence-electron chi connectivity index (χ0n) is 12.0. The predicted octanol–water partition coefficient (Wildman–Crippen LogP) is 4.14. The van der Waals surface area contributed by atoms with Gasteiger partial charge in [-0.15, -0.1) is 0 Å². The molecule has 1 atom stereocenters. The van der Waals surface area contributed by atoms with Gasteiger partial charge < -0.3 is 10.6 Å². The fourth-order valence-electron chi connectivity index (χ4n) is 2.15. The molecule has 3 nitrogen and oxygen atoms in total. The summed E-state index contributed by atoms with van der Waals surface area (Å²) in [5, 5.41) is 5.53. The molecule has 2 amide bonds. The van der Waals surface area contributed by atoms with Crippen LogP contribution in [0, 0.1) is 5.82 Å². The maximum absolute atomic E-state index is 12.8. The second-order valence-electron chi connectivity index (χ2n) is 4.86. The van der Waals surface area contributed by atoms with Gasteiger partial charge in [0.1, 0.15) is 5.82 Å². The van der Waals surface area contributed by atoms with E-state index in [0.717, 1.165) is 6.42 Å². The molecule has 0 saturated heterocycles. The molecule has 0 aliphatic rings. The zero-order valence-corrected chi connectivity index (χ0v) is 12.0. The van der Waals surface area contributed by atoms with Crippen molar-refractivity contribution in [2.24, 2.45) is 0 Å². The first kappa shape index (κ1) is 15.0. The van der Waals surface area contributed by atoms with Gasteiger partial charge in [0.2, 0.25) is 0 Å². The largest absolute Gasteiger partial charge is 0.337 e. The summed E-state index contributed by atoms with van der Waals surface area (Å²) in [7, 11) is 0. The third kappa shape index (κ3) is 4.60. The Balaban J connectivity index is 1.86. The van der Waals surface area contributed by atoms with Crippen molar-refractivity contribution in [1.82, 2.24) is 5.32 Å². The number of anilines is 1. The van der Waals surface area contributed by atoms with Crippen LogP contribution in [0.25, 0.3) is 0 Å². The van der Waals surface area contributed by atoms with E-state index in [1.807, 2.05) is 18.2 Å². The van der Waals surface area contributed by atoms with Gasteiger partial charge in [-0.3, -0.25) is 0 Å². The number of halogens is 1. The Morgan fingerprint density at radius 1 is 1.10 bits per heavy atom. The highest BCUT2D eigenvalue weighted by Gasteiger charge is 2.10. The first-order valence-corrected chi connectivity index (χ1v) is 7.04. The van der Waals surface area contributed by atoms with Gasteiger partial charge in [-0.1, -0.05) is 37.3 Å².